The fourth-order valence-corrected chi connectivity index (χ4v) is 1.80. The number of halogens is 1. The molecule has 0 aliphatic heterocycles. The number of nitrogens with zero attached hydrogens (tertiary/aromatic N) is 1. The van der Waals surface area contributed by atoms with Gasteiger partial charge in [-0.2, -0.15) is 0 Å². The molecule has 0 saturated carbocycles. The monoisotopic (exact) mass is 297 g/mol. The van der Waals surface area contributed by atoms with Gasteiger partial charge in [-0.1, -0.05) is 23.7 Å². The Hall–Kier alpha value is -1.59. The molecule has 0 aliphatic rings. The van der Waals surface area contributed by atoms with Gasteiger partial charge in [0.05, 0.1) is 12.6 Å². The molecule has 1 rings (SSSR count). The third-order valence-corrected chi connectivity index (χ3v) is 3.32. The Morgan fingerprint density at radius 3 is 2.65 bits per heavy atom. The second kappa shape index (κ2) is 7.26. The molecule has 0 aromatic heterocycles. The molecule has 0 heterocycles. The van der Waals surface area contributed by atoms with Crippen LogP contribution in [0.2, 0.25) is 5.02 Å². The van der Waals surface area contributed by atoms with Crippen LogP contribution in [-0.2, 0) is 4.79 Å². The number of amidine groups is 1. The van der Waals surface area contributed by atoms with Crippen molar-refractivity contribution in [1.29, 1.82) is 5.41 Å². The summed E-state index contributed by atoms with van der Waals surface area (Å²) in [5, 5.41) is 20.4. The van der Waals surface area contributed by atoms with E-state index in [9.17, 15) is 9.90 Å². The highest BCUT2D eigenvalue weighted by Gasteiger charge is 2.20. The molecule has 0 bridgehead atoms. The van der Waals surface area contributed by atoms with Crippen molar-refractivity contribution < 1.29 is 9.90 Å². The first-order valence-corrected chi connectivity index (χ1v) is 6.73. The smallest absolute Gasteiger partial charge is 0.286 e. The van der Waals surface area contributed by atoms with Gasteiger partial charge >= 0.3 is 0 Å². The van der Waals surface area contributed by atoms with Gasteiger partial charge in [-0.25, -0.2) is 0 Å². The summed E-state index contributed by atoms with van der Waals surface area (Å²) in [5.74, 6) is -0.666. The summed E-state index contributed by atoms with van der Waals surface area (Å²) < 4.78 is 0. The van der Waals surface area contributed by atoms with Crippen molar-refractivity contribution >= 4 is 23.3 Å². The number of likely N-dealkylation sites (N-methyl/N-ethyl adjacent to an activating group) is 1. The summed E-state index contributed by atoms with van der Waals surface area (Å²) in [4.78, 5) is 13.6. The predicted octanol–water partition coefficient (Wildman–Crippen LogP) is 1.81. The van der Waals surface area contributed by atoms with Crippen LogP contribution in [0.5, 0.6) is 0 Å². The summed E-state index contributed by atoms with van der Waals surface area (Å²) in [7, 11) is 1.68. The Labute approximate surface area is 124 Å². The molecular formula is C14H20ClN3O2. The summed E-state index contributed by atoms with van der Waals surface area (Å²) in [6, 6.07) is 6.38. The number of rotatable bonds is 4. The lowest BCUT2D eigenvalue weighted by molar-refractivity contribution is -0.116. The average Bonchev–Trinajstić information content (AvgIpc) is 2.42. The normalized spacial score (nSPS) is 12.1. The lowest BCUT2D eigenvalue weighted by Gasteiger charge is -2.25. The van der Waals surface area contributed by atoms with Crippen molar-refractivity contribution in [3.8, 4) is 0 Å². The van der Waals surface area contributed by atoms with E-state index in [1.807, 2.05) is 13.8 Å². The first kappa shape index (κ1) is 16.5. The molecule has 0 aliphatic carbocycles. The van der Waals surface area contributed by atoms with E-state index in [-0.39, 0.29) is 18.5 Å². The Kier molecular flexibility index (Phi) is 5.98. The fraction of sp³-hybridized carbons (Fsp3) is 0.429. The quantitative estimate of drug-likeness (QED) is 0.586. The van der Waals surface area contributed by atoms with Gasteiger partial charge in [-0.3, -0.25) is 10.2 Å². The van der Waals surface area contributed by atoms with Crippen LogP contribution in [0.25, 0.3) is 0 Å². The summed E-state index contributed by atoms with van der Waals surface area (Å²) in [6.07, 6.45) is 0. The summed E-state index contributed by atoms with van der Waals surface area (Å²) in [6.45, 7) is 3.52. The second-order valence-electron chi connectivity index (χ2n) is 4.82. The Morgan fingerprint density at radius 1 is 1.50 bits per heavy atom. The van der Waals surface area contributed by atoms with Crippen molar-refractivity contribution in [2.24, 2.45) is 0 Å². The molecule has 1 aromatic rings. The van der Waals surface area contributed by atoms with E-state index in [0.717, 1.165) is 0 Å². The number of aliphatic hydroxyl groups is 1. The van der Waals surface area contributed by atoms with Gasteiger partial charge in [0.2, 0.25) is 0 Å². The van der Waals surface area contributed by atoms with Crippen LogP contribution in [0, 0.1) is 5.41 Å². The van der Waals surface area contributed by atoms with E-state index in [1.165, 1.54) is 0 Å². The van der Waals surface area contributed by atoms with Crippen LogP contribution >= 0.6 is 11.6 Å². The SMILES string of the molecule is CC(C)N(C)C(=N)C(=O)N[C@H](CO)c1cccc(Cl)c1. The molecule has 0 unspecified atom stereocenters. The molecule has 5 nitrogen and oxygen atoms in total. The molecule has 0 radical (unpaired) electrons. The standard InChI is InChI=1S/C14H20ClN3O2/c1-9(2)18(3)13(16)14(20)17-12(8-19)10-5-4-6-11(15)7-10/h4-7,9,12,16,19H,8H2,1-3H3,(H,17,20)/t12-/m1/s1. The van der Waals surface area contributed by atoms with Crippen LogP contribution in [0.4, 0.5) is 0 Å². The van der Waals surface area contributed by atoms with Gasteiger partial charge in [-0.15, -0.1) is 0 Å². The zero-order valence-electron chi connectivity index (χ0n) is 11.9. The minimum absolute atomic E-state index is 0.0481. The summed E-state index contributed by atoms with van der Waals surface area (Å²) >= 11 is 5.89. The molecule has 0 spiro atoms. The van der Waals surface area contributed by atoms with Crippen molar-refractivity contribution in [2.45, 2.75) is 25.9 Å². The molecule has 1 atom stereocenters. The van der Waals surface area contributed by atoms with Gasteiger partial charge in [0.15, 0.2) is 5.84 Å². The fourth-order valence-electron chi connectivity index (χ4n) is 1.60. The molecule has 110 valence electrons. The van der Waals surface area contributed by atoms with E-state index in [0.29, 0.717) is 10.6 Å². The Bertz CT molecular complexity index is 491. The molecule has 1 aromatic carbocycles. The van der Waals surface area contributed by atoms with Gasteiger partial charge in [0, 0.05) is 18.1 Å². The average molecular weight is 298 g/mol. The highest BCUT2D eigenvalue weighted by molar-refractivity contribution is 6.36. The van der Waals surface area contributed by atoms with Crippen molar-refractivity contribution in [3.63, 3.8) is 0 Å². The number of hydrogen-bond acceptors (Lipinski definition) is 3. The molecule has 0 fully saturated rings. The number of nitrogens with one attached hydrogen (secondary N) is 2. The highest BCUT2D eigenvalue weighted by atomic mass is 35.5. The van der Waals surface area contributed by atoms with Gasteiger partial charge in [0.1, 0.15) is 0 Å². The van der Waals surface area contributed by atoms with Gasteiger partial charge < -0.3 is 15.3 Å². The van der Waals surface area contributed by atoms with Crippen LogP contribution in [-0.4, -0.2) is 41.4 Å². The molecule has 3 N–H and O–H groups in total. The van der Waals surface area contributed by atoms with Crippen molar-refractivity contribution in [3.05, 3.63) is 34.9 Å². The van der Waals surface area contributed by atoms with Crippen LogP contribution in [0.15, 0.2) is 24.3 Å². The number of carbonyl (C=O) groups is 1. The maximum absolute atomic E-state index is 12.0. The lowest BCUT2D eigenvalue weighted by Crippen LogP contribution is -2.45. The van der Waals surface area contributed by atoms with Crippen LogP contribution in [0.1, 0.15) is 25.5 Å². The van der Waals surface area contributed by atoms with Gasteiger partial charge in [-0.05, 0) is 31.5 Å². The minimum atomic E-state index is -0.581. The molecule has 0 saturated heterocycles. The number of amides is 1. The van der Waals surface area contributed by atoms with Crippen molar-refractivity contribution in [2.75, 3.05) is 13.7 Å². The van der Waals surface area contributed by atoms with Gasteiger partial charge in [0.25, 0.3) is 5.91 Å². The zero-order chi connectivity index (χ0) is 15.3. The molecular weight excluding hydrogens is 278 g/mol. The maximum Gasteiger partial charge on any atom is 0.286 e. The Morgan fingerprint density at radius 2 is 2.15 bits per heavy atom. The van der Waals surface area contributed by atoms with E-state index in [4.69, 9.17) is 17.0 Å². The van der Waals surface area contributed by atoms with Crippen LogP contribution < -0.4 is 5.32 Å². The second-order valence-corrected chi connectivity index (χ2v) is 5.25. The molecule has 1 amide bonds. The van der Waals surface area contributed by atoms with E-state index in [1.54, 1.807) is 36.2 Å². The van der Waals surface area contributed by atoms with Crippen molar-refractivity contribution in [1.82, 2.24) is 10.2 Å². The number of benzene rings is 1. The van der Waals surface area contributed by atoms with E-state index in [2.05, 4.69) is 5.32 Å². The van der Waals surface area contributed by atoms with E-state index >= 15 is 0 Å². The number of aliphatic hydroxyl groups excluding tert-OH is 1. The zero-order valence-corrected chi connectivity index (χ0v) is 12.6. The molecule has 6 heteroatoms. The Balaban J connectivity index is 2.79. The van der Waals surface area contributed by atoms with E-state index < -0.39 is 11.9 Å². The minimum Gasteiger partial charge on any atom is -0.394 e. The first-order chi connectivity index (χ1) is 9.36. The summed E-state index contributed by atoms with van der Waals surface area (Å²) in [5.41, 5.74) is 0.702. The van der Waals surface area contributed by atoms with Crippen LogP contribution in [0.3, 0.4) is 0 Å². The third kappa shape index (κ3) is 4.21. The molecule has 20 heavy (non-hydrogen) atoms. The topological polar surface area (TPSA) is 76.4 Å². The maximum atomic E-state index is 12.0. The predicted molar refractivity (Wildman–Crippen MR) is 80.0 cm³/mol. The first-order valence-electron chi connectivity index (χ1n) is 6.35. The largest absolute Gasteiger partial charge is 0.394 e. The number of hydrogen-bond donors (Lipinski definition) is 3. The lowest BCUT2D eigenvalue weighted by atomic mass is 10.1. The third-order valence-electron chi connectivity index (χ3n) is 3.08. The number of carbonyl (C=O) groups excluding carboxylic acids is 1. The highest BCUT2D eigenvalue weighted by Crippen LogP contribution is 2.17.